The molecule has 5 nitrogen and oxygen atoms in total. The van der Waals surface area contributed by atoms with Gasteiger partial charge in [-0.15, -0.1) is 0 Å². The van der Waals surface area contributed by atoms with Crippen molar-refractivity contribution in [3.05, 3.63) is 27.9 Å². The molecule has 0 amide bonds. The second-order valence-electron chi connectivity index (χ2n) is 6.61. The van der Waals surface area contributed by atoms with Crippen molar-refractivity contribution < 1.29 is 9.47 Å². The van der Waals surface area contributed by atoms with E-state index in [2.05, 4.69) is 23.8 Å². The van der Waals surface area contributed by atoms with Crippen LogP contribution in [0.25, 0.3) is 0 Å². The first kappa shape index (κ1) is 16.2. The molecule has 1 aliphatic rings. The lowest BCUT2D eigenvalue weighted by atomic mass is 9.70. The molecule has 1 fully saturated rings. The van der Waals surface area contributed by atoms with Gasteiger partial charge in [0.1, 0.15) is 11.4 Å². The Kier molecular flexibility index (Phi) is 4.84. The van der Waals surface area contributed by atoms with E-state index < -0.39 is 5.60 Å². The fraction of sp³-hybridized carbons (Fsp3) is 0.750. The van der Waals surface area contributed by atoms with Crippen LogP contribution in [0.2, 0.25) is 0 Å². The summed E-state index contributed by atoms with van der Waals surface area (Å²) >= 11 is 0. The molecule has 1 N–H and O–H groups in total. The summed E-state index contributed by atoms with van der Waals surface area (Å²) in [5, 5.41) is 0. The van der Waals surface area contributed by atoms with Crippen LogP contribution in [0, 0.1) is 5.41 Å². The van der Waals surface area contributed by atoms with E-state index >= 15 is 0 Å². The SMILES string of the molecule is CCOC1(c2nc(COC)cc(=O)[nH]2)CCC(C)(C)CC1. The maximum atomic E-state index is 11.9. The molecule has 1 heterocycles. The number of ether oxygens (including phenoxy) is 2. The van der Waals surface area contributed by atoms with Gasteiger partial charge in [0, 0.05) is 19.8 Å². The Hall–Kier alpha value is -1.20. The molecule has 1 aromatic heterocycles. The Labute approximate surface area is 126 Å². The Bertz CT molecular complexity index is 527. The van der Waals surface area contributed by atoms with Crippen LogP contribution in [0.15, 0.2) is 10.9 Å². The zero-order chi connectivity index (χ0) is 15.5. The third kappa shape index (κ3) is 3.71. The van der Waals surface area contributed by atoms with Crippen molar-refractivity contribution in [1.82, 2.24) is 9.97 Å². The largest absolute Gasteiger partial charge is 0.378 e. The summed E-state index contributed by atoms with van der Waals surface area (Å²) in [5.74, 6) is 0.652. The number of rotatable bonds is 5. The predicted octanol–water partition coefficient (Wildman–Crippen LogP) is 2.75. The van der Waals surface area contributed by atoms with Crippen LogP contribution in [-0.4, -0.2) is 23.7 Å². The summed E-state index contributed by atoms with van der Waals surface area (Å²) in [4.78, 5) is 19.4. The van der Waals surface area contributed by atoms with Crippen molar-refractivity contribution in [1.29, 1.82) is 0 Å². The third-order valence-corrected chi connectivity index (χ3v) is 4.35. The van der Waals surface area contributed by atoms with Crippen LogP contribution in [0.3, 0.4) is 0 Å². The molecule has 0 bridgehead atoms. The Morgan fingerprint density at radius 1 is 1.29 bits per heavy atom. The topological polar surface area (TPSA) is 64.2 Å². The van der Waals surface area contributed by atoms with Gasteiger partial charge in [0.15, 0.2) is 0 Å². The molecule has 0 atom stereocenters. The molecule has 0 unspecified atom stereocenters. The third-order valence-electron chi connectivity index (χ3n) is 4.35. The van der Waals surface area contributed by atoms with Gasteiger partial charge in [-0.1, -0.05) is 13.8 Å². The van der Waals surface area contributed by atoms with Gasteiger partial charge in [-0.25, -0.2) is 4.98 Å². The molecule has 0 spiro atoms. The predicted molar refractivity (Wildman–Crippen MR) is 81.1 cm³/mol. The molecule has 21 heavy (non-hydrogen) atoms. The van der Waals surface area contributed by atoms with Crippen LogP contribution >= 0.6 is 0 Å². The van der Waals surface area contributed by atoms with E-state index in [0.29, 0.717) is 30.1 Å². The molecular weight excluding hydrogens is 268 g/mol. The Balaban J connectivity index is 2.36. The average molecular weight is 294 g/mol. The second-order valence-corrected chi connectivity index (χ2v) is 6.61. The van der Waals surface area contributed by atoms with E-state index in [4.69, 9.17) is 9.47 Å². The van der Waals surface area contributed by atoms with Crippen molar-refractivity contribution in [2.24, 2.45) is 5.41 Å². The molecule has 0 saturated heterocycles. The van der Waals surface area contributed by atoms with Gasteiger partial charge < -0.3 is 14.5 Å². The Morgan fingerprint density at radius 2 is 1.95 bits per heavy atom. The molecule has 118 valence electrons. The van der Waals surface area contributed by atoms with Crippen LogP contribution in [-0.2, 0) is 21.7 Å². The minimum atomic E-state index is -0.465. The van der Waals surface area contributed by atoms with Crippen LogP contribution in [0.5, 0.6) is 0 Å². The van der Waals surface area contributed by atoms with Crippen molar-refractivity contribution >= 4 is 0 Å². The molecule has 5 heteroatoms. The van der Waals surface area contributed by atoms with Crippen molar-refractivity contribution in [3.8, 4) is 0 Å². The van der Waals surface area contributed by atoms with Crippen LogP contribution < -0.4 is 5.56 Å². The minimum absolute atomic E-state index is 0.143. The van der Waals surface area contributed by atoms with E-state index in [-0.39, 0.29) is 5.56 Å². The normalized spacial score (nSPS) is 20.4. The summed E-state index contributed by atoms with van der Waals surface area (Å²) in [6.45, 7) is 7.49. The molecule has 0 radical (unpaired) electrons. The molecule has 1 saturated carbocycles. The summed E-state index contributed by atoms with van der Waals surface area (Å²) < 4.78 is 11.2. The van der Waals surface area contributed by atoms with Gasteiger partial charge in [0.25, 0.3) is 5.56 Å². The standard InChI is InChI=1S/C16H26N2O3/c1-5-21-16(8-6-15(2,3)7-9-16)14-17-12(11-20-4)10-13(19)18-14/h10H,5-9,11H2,1-4H3,(H,17,18,19). The van der Waals surface area contributed by atoms with Gasteiger partial charge in [-0.3, -0.25) is 4.79 Å². The number of H-pyrrole nitrogens is 1. The summed E-state index contributed by atoms with van der Waals surface area (Å²) in [6.07, 6.45) is 3.89. The van der Waals surface area contributed by atoms with E-state index in [9.17, 15) is 4.79 Å². The number of hydrogen-bond acceptors (Lipinski definition) is 4. The molecule has 1 aliphatic carbocycles. The van der Waals surface area contributed by atoms with E-state index in [1.807, 2.05) is 6.92 Å². The van der Waals surface area contributed by atoms with Gasteiger partial charge in [0.2, 0.25) is 0 Å². The fourth-order valence-corrected chi connectivity index (χ4v) is 3.00. The molecule has 2 rings (SSSR count). The van der Waals surface area contributed by atoms with Gasteiger partial charge in [-0.2, -0.15) is 0 Å². The zero-order valence-corrected chi connectivity index (χ0v) is 13.5. The summed E-state index contributed by atoms with van der Waals surface area (Å²) in [5.41, 5.74) is 0.370. The number of methoxy groups -OCH3 is 1. The highest BCUT2D eigenvalue weighted by Crippen LogP contribution is 2.46. The lowest BCUT2D eigenvalue weighted by Gasteiger charge is -2.42. The Morgan fingerprint density at radius 3 is 2.52 bits per heavy atom. The number of aromatic nitrogens is 2. The molecule has 0 aliphatic heterocycles. The number of nitrogens with one attached hydrogen (secondary N) is 1. The highest BCUT2D eigenvalue weighted by atomic mass is 16.5. The zero-order valence-electron chi connectivity index (χ0n) is 13.5. The van der Waals surface area contributed by atoms with Gasteiger partial charge >= 0.3 is 0 Å². The van der Waals surface area contributed by atoms with Crippen molar-refractivity contribution in [2.45, 2.75) is 58.7 Å². The van der Waals surface area contributed by atoms with E-state index in [1.54, 1.807) is 7.11 Å². The number of hydrogen-bond donors (Lipinski definition) is 1. The van der Waals surface area contributed by atoms with Crippen LogP contribution in [0.4, 0.5) is 0 Å². The summed E-state index contributed by atoms with van der Waals surface area (Å²) in [7, 11) is 1.60. The molecule has 1 aromatic rings. The molecular formula is C16H26N2O3. The number of aromatic amines is 1. The smallest absolute Gasteiger partial charge is 0.251 e. The average Bonchev–Trinajstić information content (AvgIpc) is 2.41. The van der Waals surface area contributed by atoms with Gasteiger partial charge in [-0.05, 0) is 38.0 Å². The first-order valence-electron chi connectivity index (χ1n) is 7.64. The lowest BCUT2D eigenvalue weighted by molar-refractivity contribution is -0.0951. The monoisotopic (exact) mass is 294 g/mol. The first-order chi connectivity index (χ1) is 9.91. The lowest BCUT2D eigenvalue weighted by Crippen LogP contribution is -2.40. The summed E-state index contributed by atoms with van der Waals surface area (Å²) in [6, 6.07) is 1.49. The van der Waals surface area contributed by atoms with Crippen molar-refractivity contribution in [3.63, 3.8) is 0 Å². The van der Waals surface area contributed by atoms with Crippen LogP contribution in [0.1, 0.15) is 58.0 Å². The maximum absolute atomic E-state index is 11.9. The quantitative estimate of drug-likeness (QED) is 0.907. The highest BCUT2D eigenvalue weighted by molar-refractivity contribution is 5.10. The molecule has 0 aromatic carbocycles. The first-order valence-corrected chi connectivity index (χ1v) is 7.64. The van der Waals surface area contributed by atoms with Gasteiger partial charge in [0.05, 0.1) is 12.3 Å². The fourth-order valence-electron chi connectivity index (χ4n) is 3.00. The number of nitrogens with zero attached hydrogens (tertiary/aromatic N) is 1. The highest BCUT2D eigenvalue weighted by Gasteiger charge is 2.42. The van der Waals surface area contributed by atoms with E-state index in [1.165, 1.54) is 6.07 Å². The second kappa shape index (κ2) is 6.28. The minimum Gasteiger partial charge on any atom is -0.378 e. The van der Waals surface area contributed by atoms with Crippen molar-refractivity contribution in [2.75, 3.05) is 13.7 Å². The van der Waals surface area contributed by atoms with E-state index in [0.717, 1.165) is 25.7 Å². The maximum Gasteiger partial charge on any atom is 0.251 e.